The maximum absolute atomic E-state index is 12.9. The van der Waals surface area contributed by atoms with Crippen LogP contribution in [0.5, 0.6) is 0 Å². The molecule has 0 N–H and O–H groups in total. The summed E-state index contributed by atoms with van der Waals surface area (Å²) in [4.78, 5) is 38.2. The summed E-state index contributed by atoms with van der Waals surface area (Å²) in [6.07, 6.45) is 58.1. The van der Waals surface area contributed by atoms with E-state index in [4.69, 9.17) is 14.2 Å². The molecule has 67 heavy (non-hydrogen) atoms. The molecule has 1 atom stereocenters. The molecule has 0 aliphatic heterocycles. The minimum atomic E-state index is -0.763. The van der Waals surface area contributed by atoms with Gasteiger partial charge >= 0.3 is 17.9 Å². The van der Waals surface area contributed by atoms with Crippen LogP contribution in [0.15, 0.2) is 0 Å². The van der Waals surface area contributed by atoms with Crippen LogP contribution in [0.1, 0.15) is 343 Å². The zero-order chi connectivity index (χ0) is 48.9. The molecule has 6 nitrogen and oxygen atoms in total. The van der Waals surface area contributed by atoms with Gasteiger partial charge in [-0.1, -0.05) is 304 Å². The van der Waals surface area contributed by atoms with Gasteiger partial charge in [0.15, 0.2) is 6.10 Å². The van der Waals surface area contributed by atoms with E-state index in [0.29, 0.717) is 19.3 Å². The van der Waals surface area contributed by atoms with E-state index in [0.717, 1.165) is 69.6 Å². The third-order valence-electron chi connectivity index (χ3n) is 14.0. The van der Waals surface area contributed by atoms with Crippen molar-refractivity contribution in [3.63, 3.8) is 0 Å². The van der Waals surface area contributed by atoms with E-state index >= 15 is 0 Å². The van der Waals surface area contributed by atoms with Gasteiger partial charge in [-0.3, -0.25) is 14.4 Å². The third-order valence-corrected chi connectivity index (χ3v) is 14.0. The Kier molecular flexibility index (Phi) is 52.5. The molecule has 0 aliphatic rings. The van der Waals surface area contributed by atoms with Crippen molar-refractivity contribution in [2.45, 2.75) is 349 Å². The molecule has 0 fully saturated rings. The highest BCUT2D eigenvalue weighted by Crippen LogP contribution is 2.18. The molecule has 0 rings (SSSR count). The average molecular weight is 948 g/mol. The minimum Gasteiger partial charge on any atom is -0.462 e. The highest BCUT2D eigenvalue weighted by molar-refractivity contribution is 5.71. The second kappa shape index (κ2) is 53.8. The lowest BCUT2D eigenvalue weighted by molar-refractivity contribution is -0.167. The Labute approximate surface area is 418 Å². The molecule has 6 heteroatoms. The Morgan fingerprint density at radius 3 is 0.731 bits per heavy atom. The molecule has 0 amide bonds. The number of esters is 3. The van der Waals surface area contributed by atoms with Crippen LogP contribution in [0, 0.1) is 11.8 Å². The lowest BCUT2D eigenvalue weighted by Crippen LogP contribution is -2.30. The molecule has 0 unspecified atom stereocenters. The van der Waals surface area contributed by atoms with Crippen molar-refractivity contribution in [2.24, 2.45) is 11.8 Å². The smallest absolute Gasteiger partial charge is 0.306 e. The molecule has 0 saturated carbocycles. The first-order valence-electron chi connectivity index (χ1n) is 30.2. The quantitative estimate of drug-likeness (QED) is 0.0343. The Bertz CT molecular complexity index is 1020. The van der Waals surface area contributed by atoms with E-state index in [1.54, 1.807) is 0 Å². The fourth-order valence-electron chi connectivity index (χ4n) is 9.40. The number of carbonyl (C=O) groups is 3. The molecule has 0 bridgehead atoms. The van der Waals surface area contributed by atoms with Crippen LogP contribution in [-0.2, 0) is 28.6 Å². The number of hydrogen-bond acceptors (Lipinski definition) is 6. The van der Waals surface area contributed by atoms with Crippen LogP contribution >= 0.6 is 0 Å². The van der Waals surface area contributed by atoms with Crippen molar-refractivity contribution in [3.8, 4) is 0 Å². The topological polar surface area (TPSA) is 78.9 Å². The fourth-order valence-corrected chi connectivity index (χ4v) is 9.40. The predicted octanol–water partition coefficient (Wildman–Crippen LogP) is 20.0. The summed E-state index contributed by atoms with van der Waals surface area (Å²) in [6.45, 7) is 11.4. The molecule has 398 valence electrons. The van der Waals surface area contributed by atoms with Crippen LogP contribution in [0.3, 0.4) is 0 Å². The van der Waals surface area contributed by atoms with Crippen molar-refractivity contribution in [3.05, 3.63) is 0 Å². The standard InChI is InChI=1S/C61H118O6/c1-6-7-8-9-10-11-12-13-16-20-26-31-36-41-46-51-59(62)65-54-58(55-66-60(63)52-47-42-37-32-27-23-22-25-30-35-40-45-50-57(4)5)67-61(64)53-48-43-38-33-28-21-18-15-14-17-19-24-29-34-39-44-49-56(2)3/h56-58H,6-55H2,1-5H3/t58-/m0/s1. The predicted molar refractivity (Wildman–Crippen MR) is 289 cm³/mol. The monoisotopic (exact) mass is 947 g/mol. The Morgan fingerprint density at radius 1 is 0.284 bits per heavy atom. The van der Waals surface area contributed by atoms with E-state index in [2.05, 4.69) is 34.6 Å². The second-order valence-electron chi connectivity index (χ2n) is 21.9. The van der Waals surface area contributed by atoms with Crippen LogP contribution < -0.4 is 0 Å². The van der Waals surface area contributed by atoms with Crippen molar-refractivity contribution >= 4 is 17.9 Å². The van der Waals surface area contributed by atoms with Crippen molar-refractivity contribution < 1.29 is 28.6 Å². The highest BCUT2D eigenvalue weighted by atomic mass is 16.6. The van der Waals surface area contributed by atoms with E-state index in [9.17, 15) is 14.4 Å². The molecule has 0 aromatic carbocycles. The van der Waals surface area contributed by atoms with Gasteiger partial charge in [0.05, 0.1) is 0 Å². The Hall–Kier alpha value is -1.59. The van der Waals surface area contributed by atoms with Gasteiger partial charge in [-0.2, -0.15) is 0 Å². The van der Waals surface area contributed by atoms with Gasteiger partial charge in [0.2, 0.25) is 0 Å². The highest BCUT2D eigenvalue weighted by Gasteiger charge is 2.19. The van der Waals surface area contributed by atoms with Gasteiger partial charge in [-0.05, 0) is 31.1 Å². The minimum absolute atomic E-state index is 0.0622. The Balaban J connectivity index is 4.29. The van der Waals surface area contributed by atoms with Gasteiger partial charge < -0.3 is 14.2 Å². The summed E-state index contributed by atoms with van der Waals surface area (Å²) in [5.74, 6) is 0.850. The Morgan fingerprint density at radius 2 is 0.493 bits per heavy atom. The zero-order valence-electron chi connectivity index (χ0n) is 46.0. The first-order valence-corrected chi connectivity index (χ1v) is 30.2. The van der Waals surface area contributed by atoms with Gasteiger partial charge in [-0.25, -0.2) is 0 Å². The fraction of sp³-hybridized carbons (Fsp3) is 0.951. The number of carbonyl (C=O) groups excluding carboxylic acids is 3. The summed E-state index contributed by atoms with van der Waals surface area (Å²) in [6, 6.07) is 0. The van der Waals surface area contributed by atoms with Crippen LogP contribution in [0.2, 0.25) is 0 Å². The van der Waals surface area contributed by atoms with Crippen molar-refractivity contribution in [2.75, 3.05) is 13.2 Å². The lowest BCUT2D eigenvalue weighted by atomic mass is 10.0. The summed E-state index contributed by atoms with van der Waals surface area (Å²) in [7, 11) is 0. The molecule has 0 radical (unpaired) electrons. The summed E-state index contributed by atoms with van der Waals surface area (Å²) in [5, 5.41) is 0. The largest absolute Gasteiger partial charge is 0.462 e. The molecule has 0 saturated heterocycles. The van der Waals surface area contributed by atoms with E-state index < -0.39 is 6.10 Å². The van der Waals surface area contributed by atoms with Crippen LogP contribution in [-0.4, -0.2) is 37.2 Å². The molecular formula is C61H118O6. The molecule has 0 aliphatic carbocycles. The second-order valence-corrected chi connectivity index (χ2v) is 21.9. The van der Waals surface area contributed by atoms with E-state index in [-0.39, 0.29) is 31.1 Å². The van der Waals surface area contributed by atoms with E-state index in [1.165, 1.54) is 231 Å². The maximum Gasteiger partial charge on any atom is 0.306 e. The van der Waals surface area contributed by atoms with Gasteiger partial charge in [0, 0.05) is 19.3 Å². The normalized spacial score (nSPS) is 12.0. The van der Waals surface area contributed by atoms with Crippen molar-refractivity contribution in [1.82, 2.24) is 0 Å². The lowest BCUT2D eigenvalue weighted by Gasteiger charge is -2.18. The molecule has 0 spiro atoms. The summed E-state index contributed by atoms with van der Waals surface area (Å²) < 4.78 is 16.9. The van der Waals surface area contributed by atoms with E-state index in [1.807, 2.05) is 0 Å². The first-order chi connectivity index (χ1) is 32.7. The van der Waals surface area contributed by atoms with Gasteiger partial charge in [0.1, 0.15) is 13.2 Å². The summed E-state index contributed by atoms with van der Waals surface area (Å²) in [5.41, 5.74) is 0. The van der Waals surface area contributed by atoms with Crippen molar-refractivity contribution in [1.29, 1.82) is 0 Å². The average Bonchev–Trinajstić information content (AvgIpc) is 3.30. The molecule has 0 aromatic heterocycles. The third kappa shape index (κ3) is 55.2. The first kappa shape index (κ1) is 65.4. The number of rotatable bonds is 55. The number of unbranched alkanes of at least 4 members (excludes halogenated alkanes) is 40. The SMILES string of the molecule is CCCCCCCCCCCCCCCCCC(=O)OC[C@@H](COC(=O)CCCCCCCCCCCCCCC(C)C)OC(=O)CCCCCCCCCCCCCCCCCCC(C)C. The zero-order valence-corrected chi connectivity index (χ0v) is 46.0. The summed E-state index contributed by atoms with van der Waals surface area (Å²) >= 11 is 0. The molecule has 0 aromatic rings. The maximum atomic E-state index is 12.9. The van der Waals surface area contributed by atoms with Crippen LogP contribution in [0.25, 0.3) is 0 Å². The number of ether oxygens (including phenoxy) is 3. The molecular weight excluding hydrogens is 829 g/mol. The van der Waals surface area contributed by atoms with Gasteiger partial charge in [0.25, 0.3) is 0 Å². The van der Waals surface area contributed by atoms with Crippen LogP contribution in [0.4, 0.5) is 0 Å². The number of hydrogen-bond donors (Lipinski definition) is 0. The molecule has 0 heterocycles. The van der Waals surface area contributed by atoms with Gasteiger partial charge in [-0.15, -0.1) is 0 Å².